The lowest BCUT2D eigenvalue weighted by molar-refractivity contribution is -0.0102. The number of hydrogen-bond acceptors (Lipinski definition) is 5. The first kappa shape index (κ1) is 24.4. The first-order valence-electron chi connectivity index (χ1n) is 11.3. The van der Waals surface area contributed by atoms with Gasteiger partial charge in [-0.15, -0.1) is 0 Å². The van der Waals surface area contributed by atoms with E-state index in [0.29, 0.717) is 6.42 Å². The molecule has 0 aliphatic carbocycles. The number of hydrazine groups is 1. The number of carbonyl (C=O) groups is 2. The normalized spacial score (nSPS) is 16.0. The van der Waals surface area contributed by atoms with Crippen molar-refractivity contribution >= 4 is 23.6 Å². The van der Waals surface area contributed by atoms with Gasteiger partial charge in [-0.25, -0.2) is 15.0 Å². The smallest absolute Gasteiger partial charge is 0.431 e. The number of nitrogens with one attached hydrogen (secondary N) is 1. The molecule has 1 aliphatic rings. The molecule has 0 bridgehead atoms. The Kier molecular flexibility index (Phi) is 6.91. The zero-order chi connectivity index (χ0) is 24.4. The molecule has 33 heavy (non-hydrogen) atoms. The molecular formula is C26H35N3O4. The minimum atomic E-state index is -0.730. The Bertz CT molecular complexity index is 990. The van der Waals surface area contributed by atoms with Crippen molar-refractivity contribution in [1.29, 1.82) is 0 Å². The van der Waals surface area contributed by atoms with Crippen LogP contribution in [0.4, 0.5) is 21.0 Å². The van der Waals surface area contributed by atoms with Crippen LogP contribution in [0.3, 0.4) is 0 Å². The average molecular weight is 454 g/mol. The number of amides is 2. The van der Waals surface area contributed by atoms with Gasteiger partial charge in [0.15, 0.2) is 0 Å². The van der Waals surface area contributed by atoms with E-state index in [1.165, 1.54) is 10.6 Å². The van der Waals surface area contributed by atoms with Crippen LogP contribution in [-0.2, 0) is 15.9 Å². The second-order valence-electron chi connectivity index (χ2n) is 10.3. The van der Waals surface area contributed by atoms with Crippen LogP contribution in [0.2, 0.25) is 0 Å². The Morgan fingerprint density at radius 2 is 1.55 bits per heavy atom. The van der Waals surface area contributed by atoms with Crippen molar-refractivity contribution in [2.24, 2.45) is 0 Å². The highest BCUT2D eigenvalue weighted by molar-refractivity contribution is 5.77. The summed E-state index contributed by atoms with van der Waals surface area (Å²) in [5, 5.41) is 1.26. The molecule has 0 fully saturated rings. The van der Waals surface area contributed by atoms with E-state index in [1.807, 2.05) is 49.4 Å². The summed E-state index contributed by atoms with van der Waals surface area (Å²) in [5.74, 6) is 0. The molecule has 1 N–H and O–H groups in total. The summed E-state index contributed by atoms with van der Waals surface area (Å²) < 4.78 is 11.1. The molecule has 2 amide bonds. The lowest BCUT2D eigenvalue weighted by atomic mass is 9.98. The third-order valence-corrected chi connectivity index (χ3v) is 5.03. The molecule has 1 unspecified atom stereocenters. The zero-order valence-corrected chi connectivity index (χ0v) is 20.6. The van der Waals surface area contributed by atoms with Crippen LogP contribution >= 0.6 is 0 Å². The van der Waals surface area contributed by atoms with Gasteiger partial charge < -0.3 is 14.4 Å². The zero-order valence-electron chi connectivity index (χ0n) is 20.6. The molecule has 0 saturated carbocycles. The number of ether oxygens (including phenoxy) is 2. The highest BCUT2D eigenvalue weighted by Crippen LogP contribution is 2.38. The average Bonchev–Trinajstić information content (AvgIpc) is 2.69. The van der Waals surface area contributed by atoms with Crippen LogP contribution in [0.15, 0.2) is 48.5 Å². The molecule has 178 valence electrons. The molecule has 0 spiro atoms. The Morgan fingerprint density at radius 1 is 0.939 bits per heavy atom. The van der Waals surface area contributed by atoms with Crippen LogP contribution in [0.1, 0.15) is 59.1 Å². The highest BCUT2D eigenvalue weighted by atomic mass is 16.6. The third kappa shape index (κ3) is 6.40. The van der Waals surface area contributed by atoms with Gasteiger partial charge in [0.25, 0.3) is 0 Å². The van der Waals surface area contributed by atoms with Gasteiger partial charge in [-0.2, -0.15) is 5.01 Å². The van der Waals surface area contributed by atoms with E-state index in [0.717, 1.165) is 23.4 Å². The fraction of sp³-hybridized carbons (Fsp3) is 0.462. The lowest BCUT2D eigenvalue weighted by Crippen LogP contribution is -2.60. The van der Waals surface area contributed by atoms with Crippen LogP contribution < -0.4 is 10.3 Å². The van der Waals surface area contributed by atoms with Crippen LogP contribution in [0.5, 0.6) is 0 Å². The summed E-state index contributed by atoms with van der Waals surface area (Å²) in [4.78, 5) is 28.1. The molecule has 1 atom stereocenters. The Labute approximate surface area is 196 Å². The molecule has 7 nitrogen and oxygen atoms in total. The number of para-hydroxylation sites is 1. The van der Waals surface area contributed by atoms with E-state index < -0.39 is 29.6 Å². The first-order chi connectivity index (χ1) is 15.3. The van der Waals surface area contributed by atoms with Gasteiger partial charge in [0, 0.05) is 11.4 Å². The monoisotopic (exact) mass is 453 g/mol. The number of benzene rings is 2. The lowest BCUT2D eigenvalue weighted by Gasteiger charge is -2.44. The summed E-state index contributed by atoms with van der Waals surface area (Å²) >= 11 is 0. The van der Waals surface area contributed by atoms with Crippen molar-refractivity contribution in [2.45, 2.75) is 78.7 Å². The summed E-state index contributed by atoms with van der Waals surface area (Å²) in [6.45, 7) is 12.8. The van der Waals surface area contributed by atoms with E-state index in [1.54, 1.807) is 41.5 Å². The second kappa shape index (κ2) is 9.33. The van der Waals surface area contributed by atoms with Crippen molar-refractivity contribution in [2.75, 3.05) is 4.90 Å². The van der Waals surface area contributed by atoms with Crippen molar-refractivity contribution in [3.05, 3.63) is 59.7 Å². The van der Waals surface area contributed by atoms with E-state index in [4.69, 9.17) is 9.47 Å². The summed E-state index contributed by atoms with van der Waals surface area (Å²) in [7, 11) is 0. The van der Waals surface area contributed by atoms with Crippen molar-refractivity contribution in [1.82, 2.24) is 10.4 Å². The molecule has 1 heterocycles. The summed E-state index contributed by atoms with van der Waals surface area (Å²) in [5.41, 5.74) is 5.43. The maximum atomic E-state index is 13.3. The molecule has 0 radical (unpaired) electrons. The molecule has 3 rings (SSSR count). The van der Waals surface area contributed by atoms with E-state index in [9.17, 15) is 9.59 Å². The molecular weight excluding hydrogens is 418 g/mol. The van der Waals surface area contributed by atoms with Crippen molar-refractivity contribution < 1.29 is 19.1 Å². The van der Waals surface area contributed by atoms with Gasteiger partial charge in [0.05, 0.1) is 0 Å². The number of rotatable bonds is 2. The number of carbonyl (C=O) groups excluding carboxylic acids is 2. The van der Waals surface area contributed by atoms with Crippen molar-refractivity contribution in [3.63, 3.8) is 0 Å². The maximum Gasteiger partial charge on any atom is 0.431 e. The molecule has 2 aromatic rings. The predicted octanol–water partition coefficient (Wildman–Crippen LogP) is 6.08. The maximum absolute atomic E-state index is 13.3. The number of fused-ring (bicyclic) bond motifs is 1. The Balaban J connectivity index is 2.04. The van der Waals surface area contributed by atoms with Gasteiger partial charge in [0.2, 0.25) is 0 Å². The van der Waals surface area contributed by atoms with Gasteiger partial charge in [-0.05, 0) is 85.1 Å². The van der Waals surface area contributed by atoms with Crippen LogP contribution in [0.25, 0.3) is 0 Å². The summed E-state index contributed by atoms with van der Waals surface area (Å²) in [6.07, 6.45) is -0.519. The predicted molar refractivity (Wildman–Crippen MR) is 129 cm³/mol. The fourth-order valence-electron chi connectivity index (χ4n) is 3.74. The Morgan fingerprint density at radius 3 is 2.15 bits per heavy atom. The number of nitrogens with zero attached hydrogens (tertiary/aromatic N) is 2. The molecule has 0 saturated heterocycles. The summed E-state index contributed by atoms with van der Waals surface area (Å²) in [6, 6.07) is 16.2. The number of aryl methyl sites for hydroxylation is 2. The van der Waals surface area contributed by atoms with E-state index in [-0.39, 0.29) is 0 Å². The topological polar surface area (TPSA) is 71.1 Å². The van der Waals surface area contributed by atoms with Gasteiger partial charge in [-0.3, -0.25) is 0 Å². The molecule has 2 aromatic carbocycles. The molecule has 7 heteroatoms. The van der Waals surface area contributed by atoms with Gasteiger partial charge >= 0.3 is 12.2 Å². The quantitative estimate of drug-likeness (QED) is 0.558. The molecule has 0 aromatic heterocycles. The van der Waals surface area contributed by atoms with Gasteiger partial charge in [0.1, 0.15) is 17.4 Å². The minimum absolute atomic E-state index is 0.509. The van der Waals surface area contributed by atoms with Gasteiger partial charge in [-0.1, -0.05) is 35.9 Å². The minimum Gasteiger partial charge on any atom is -0.443 e. The Hall–Kier alpha value is -3.22. The highest BCUT2D eigenvalue weighted by Gasteiger charge is 2.38. The molecule has 1 aliphatic heterocycles. The van der Waals surface area contributed by atoms with Crippen molar-refractivity contribution in [3.8, 4) is 0 Å². The first-order valence-corrected chi connectivity index (χ1v) is 11.3. The largest absolute Gasteiger partial charge is 0.443 e. The van der Waals surface area contributed by atoms with Crippen LogP contribution in [0, 0.1) is 6.92 Å². The van der Waals surface area contributed by atoms with E-state index in [2.05, 4.69) is 16.4 Å². The fourth-order valence-corrected chi connectivity index (χ4v) is 3.74. The number of anilines is 2. The standard InChI is InChI=1S/C26H35N3O4/c1-18-12-15-20(16-13-18)28-21-11-9-8-10-19(21)14-17-22(28)29(24(31)33-26(5,6)7)27-23(30)32-25(2,3)4/h8-13,15-16,22H,14,17H2,1-7H3,(H,27,30). The SMILES string of the molecule is Cc1ccc(N2c3ccccc3CCC2N(NC(=O)OC(C)(C)C)C(=O)OC(C)(C)C)cc1. The third-order valence-electron chi connectivity index (χ3n) is 5.03. The van der Waals surface area contributed by atoms with Crippen LogP contribution in [-0.4, -0.2) is 34.6 Å². The number of hydrogen-bond donors (Lipinski definition) is 1. The second-order valence-corrected chi connectivity index (χ2v) is 10.3. The van der Waals surface area contributed by atoms with E-state index >= 15 is 0 Å².